The Morgan fingerprint density at radius 2 is 1.62 bits per heavy atom. The lowest BCUT2D eigenvalue weighted by Gasteiger charge is -2.20. The van der Waals surface area contributed by atoms with Crippen LogP contribution >= 0.6 is 11.3 Å². The maximum Gasteiger partial charge on any atom is 0.237 e. The van der Waals surface area contributed by atoms with Crippen LogP contribution in [0.3, 0.4) is 0 Å². The van der Waals surface area contributed by atoms with Gasteiger partial charge in [0.15, 0.2) is 5.58 Å². The molecular weight excluding hydrogens is 416 g/mol. The van der Waals surface area contributed by atoms with Crippen molar-refractivity contribution in [2.24, 2.45) is 4.99 Å². The molecule has 0 radical (unpaired) electrons. The Labute approximate surface area is 194 Å². The van der Waals surface area contributed by atoms with Crippen LogP contribution in [0.4, 0.5) is 5.69 Å². The average Bonchev–Trinajstić information content (AvgIpc) is 3.36. The Morgan fingerprint density at radius 1 is 0.938 bits per heavy atom. The van der Waals surface area contributed by atoms with Crippen LogP contribution < -0.4 is 4.74 Å². The van der Waals surface area contributed by atoms with Crippen LogP contribution in [0.15, 0.2) is 57.9 Å². The third-order valence-corrected chi connectivity index (χ3v) is 6.54. The first-order valence-corrected chi connectivity index (χ1v) is 11.6. The first-order chi connectivity index (χ1) is 15.0. The van der Waals surface area contributed by atoms with Gasteiger partial charge in [-0.15, -0.1) is 11.3 Å². The fourth-order valence-corrected chi connectivity index (χ4v) is 4.30. The van der Waals surface area contributed by atoms with E-state index in [4.69, 9.17) is 14.1 Å². The van der Waals surface area contributed by atoms with Gasteiger partial charge < -0.3 is 9.15 Å². The van der Waals surface area contributed by atoms with E-state index < -0.39 is 0 Å². The summed E-state index contributed by atoms with van der Waals surface area (Å²) < 4.78 is 12.1. The molecule has 0 saturated heterocycles. The topological polar surface area (TPSA) is 47.6 Å². The zero-order chi connectivity index (χ0) is 23.1. The Balaban J connectivity index is 1.52. The van der Waals surface area contributed by atoms with Gasteiger partial charge in [-0.05, 0) is 65.1 Å². The third kappa shape index (κ3) is 4.63. The zero-order valence-corrected chi connectivity index (χ0v) is 20.5. The van der Waals surface area contributed by atoms with Crippen LogP contribution in [0, 0.1) is 0 Å². The maximum absolute atomic E-state index is 6.07. The number of aromatic nitrogens is 1. The summed E-state index contributed by atoms with van der Waals surface area (Å²) in [5.74, 6) is 1.38. The molecule has 2 heterocycles. The van der Waals surface area contributed by atoms with Crippen LogP contribution in [0.5, 0.6) is 5.75 Å². The van der Waals surface area contributed by atoms with Gasteiger partial charge in [-0.2, -0.15) is 0 Å². The monoisotopic (exact) mass is 446 g/mol. The number of hydrogen-bond acceptors (Lipinski definition) is 5. The van der Waals surface area contributed by atoms with Crippen LogP contribution in [-0.4, -0.2) is 11.7 Å². The van der Waals surface area contributed by atoms with Gasteiger partial charge in [-0.1, -0.05) is 53.7 Å². The van der Waals surface area contributed by atoms with E-state index >= 15 is 0 Å². The van der Waals surface area contributed by atoms with Gasteiger partial charge in [0.05, 0.1) is 4.88 Å². The van der Waals surface area contributed by atoms with Gasteiger partial charge in [-0.3, -0.25) is 4.99 Å². The number of nitrogens with zero attached hydrogens (tertiary/aromatic N) is 2. The number of hydrogen-bond donors (Lipinski definition) is 0. The van der Waals surface area contributed by atoms with E-state index in [1.807, 2.05) is 24.3 Å². The molecule has 4 nitrogen and oxygen atoms in total. The van der Waals surface area contributed by atoms with E-state index in [9.17, 15) is 0 Å². The minimum atomic E-state index is 0.0495. The number of aliphatic imine (C=N–C) groups is 1. The SMILES string of the molecule is C=Nc1cc(C(C)(C)C)ccc1OCc1ccc(-c2nc3cc(C(C)(C)C)ccc3o2)s1. The van der Waals surface area contributed by atoms with Crippen LogP contribution in [0.2, 0.25) is 0 Å². The number of ether oxygens (including phenoxy) is 1. The summed E-state index contributed by atoms with van der Waals surface area (Å²) in [6.07, 6.45) is 0. The molecule has 0 aliphatic carbocycles. The molecule has 0 unspecified atom stereocenters. The Morgan fingerprint density at radius 3 is 2.31 bits per heavy atom. The summed E-state index contributed by atoms with van der Waals surface area (Å²) in [6.45, 7) is 17.3. The molecule has 0 amide bonds. The summed E-state index contributed by atoms with van der Waals surface area (Å²) >= 11 is 1.62. The van der Waals surface area contributed by atoms with Gasteiger partial charge in [0.2, 0.25) is 5.89 Å². The zero-order valence-electron chi connectivity index (χ0n) is 19.7. The number of oxazole rings is 1. The van der Waals surface area contributed by atoms with Crippen molar-refractivity contribution in [1.82, 2.24) is 4.98 Å². The number of fused-ring (bicyclic) bond motifs is 1. The molecule has 0 aliphatic rings. The minimum Gasteiger partial charge on any atom is -0.486 e. The number of benzene rings is 2. The second-order valence-electron chi connectivity index (χ2n) is 10.1. The van der Waals surface area contributed by atoms with Crippen LogP contribution in [-0.2, 0) is 17.4 Å². The smallest absolute Gasteiger partial charge is 0.237 e. The highest BCUT2D eigenvalue weighted by Crippen LogP contribution is 2.36. The fraction of sp³-hybridized carbons (Fsp3) is 0.333. The fourth-order valence-electron chi connectivity index (χ4n) is 3.45. The van der Waals surface area contributed by atoms with Crippen molar-refractivity contribution in [3.05, 3.63) is 64.5 Å². The second kappa shape index (κ2) is 8.21. The molecule has 2 aromatic carbocycles. The molecule has 0 aliphatic heterocycles. The number of rotatable bonds is 5. The van der Waals surface area contributed by atoms with Crippen molar-refractivity contribution in [3.8, 4) is 16.5 Å². The Kier molecular flexibility index (Phi) is 5.72. The first-order valence-electron chi connectivity index (χ1n) is 10.8. The van der Waals surface area contributed by atoms with Crippen molar-refractivity contribution >= 4 is 34.8 Å². The predicted octanol–water partition coefficient (Wildman–Crippen LogP) is 8.06. The summed E-state index contributed by atoms with van der Waals surface area (Å²) in [5.41, 5.74) is 5.03. The first kappa shape index (κ1) is 22.3. The Bertz CT molecular complexity index is 1270. The summed E-state index contributed by atoms with van der Waals surface area (Å²) in [5, 5.41) is 0. The summed E-state index contributed by atoms with van der Waals surface area (Å²) in [6, 6.07) is 16.4. The highest BCUT2D eigenvalue weighted by molar-refractivity contribution is 7.15. The highest BCUT2D eigenvalue weighted by Gasteiger charge is 2.18. The lowest BCUT2D eigenvalue weighted by molar-refractivity contribution is 0.311. The van der Waals surface area contributed by atoms with Crippen molar-refractivity contribution in [2.45, 2.75) is 59.0 Å². The summed E-state index contributed by atoms with van der Waals surface area (Å²) in [7, 11) is 0. The van der Waals surface area contributed by atoms with E-state index in [1.54, 1.807) is 11.3 Å². The molecule has 166 valence electrons. The number of thiophene rings is 1. The molecule has 5 heteroatoms. The standard InChI is InChI=1S/C27H30N2O2S/c1-26(2,3)17-8-11-22(20(14-17)28-7)30-16-19-10-13-24(32-19)25-29-21-15-18(27(4,5)6)9-12-23(21)31-25/h8-15H,7,16H2,1-6H3. The average molecular weight is 447 g/mol. The van der Waals surface area contributed by atoms with E-state index in [1.165, 1.54) is 11.1 Å². The quantitative estimate of drug-likeness (QED) is 0.291. The van der Waals surface area contributed by atoms with E-state index in [-0.39, 0.29) is 10.8 Å². The van der Waals surface area contributed by atoms with Gasteiger partial charge in [0, 0.05) is 4.88 Å². The lowest BCUT2D eigenvalue weighted by Crippen LogP contribution is -2.10. The molecule has 4 aromatic rings. The van der Waals surface area contributed by atoms with E-state index in [2.05, 4.69) is 77.5 Å². The van der Waals surface area contributed by atoms with E-state index in [0.717, 1.165) is 32.3 Å². The molecule has 4 rings (SSSR count). The maximum atomic E-state index is 6.07. The van der Waals surface area contributed by atoms with Crippen molar-refractivity contribution in [3.63, 3.8) is 0 Å². The predicted molar refractivity (Wildman–Crippen MR) is 135 cm³/mol. The van der Waals surface area contributed by atoms with Gasteiger partial charge in [0.1, 0.15) is 23.6 Å². The molecule has 0 atom stereocenters. The molecule has 0 spiro atoms. The molecule has 32 heavy (non-hydrogen) atoms. The van der Waals surface area contributed by atoms with Crippen molar-refractivity contribution < 1.29 is 9.15 Å². The second-order valence-corrected chi connectivity index (χ2v) is 11.3. The van der Waals surface area contributed by atoms with Crippen molar-refractivity contribution in [1.29, 1.82) is 0 Å². The molecular formula is C27H30N2O2S. The van der Waals surface area contributed by atoms with E-state index in [0.29, 0.717) is 12.5 Å². The largest absolute Gasteiger partial charge is 0.486 e. The minimum absolute atomic E-state index is 0.0495. The molecule has 2 aromatic heterocycles. The third-order valence-electron chi connectivity index (χ3n) is 5.49. The molecule has 0 fully saturated rings. The highest BCUT2D eigenvalue weighted by atomic mass is 32.1. The normalized spacial score (nSPS) is 12.3. The van der Waals surface area contributed by atoms with Crippen molar-refractivity contribution in [2.75, 3.05) is 0 Å². The van der Waals surface area contributed by atoms with Crippen LogP contribution in [0.25, 0.3) is 21.9 Å². The molecule has 0 bridgehead atoms. The van der Waals surface area contributed by atoms with Gasteiger partial charge in [0.25, 0.3) is 0 Å². The molecule has 0 saturated carbocycles. The van der Waals surface area contributed by atoms with Gasteiger partial charge in [-0.25, -0.2) is 4.98 Å². The lowest BCUT2D eigenvalue weighted by atomic mass is 9.87. The van der Waals surface area contributed by atoms with Gasteiger partial charge >= 0.3 is 0 Å². The summed E-state index contributed by atoms with van der Waals surface area (Å²) in [4.78, 5) is 11.0. The van der Waals surface area contributed by atoms with Crippen LogP contribution in [0.1, 0.15) is 57.5 Å². The molecule has 0 N–H and O–H groups in total. The Hall–Kier alpha value is -2.92.